The Morgan fingerprint density at radius 2 is 2.13 bits per heavy atom. The van der Waals surface area contributed by atoms with E-state index in [-0.39, 0.29) is 5.56 Å². The first-order chi connectivity index (χ1) is 7.05. The lowest BCUT2D eigenvalue weighted by Gasteiger charge is -2.06. The third-order valence-electron chi connectivity index (χ3n) is 1.52. The molecule has 0 N–H and O–H groups in total. The van der Waals surface area contributed by atoms with E-state index in [0.717, 1.165) is 6.20 Å². The van der Waals surface area contributed by atoms with Gasteiger partial charge in [0.05, 0.1) is 5.56 Å². The van der Waals surface area contributed by atoms with Crippen LogP contribution in [0.15, 0.2) is 18.3 Å². The Morgan fingerprint density at radius 1 is 1.40 bits per heavy atom. The molecule has 0 fully saturated rings. The van der Waals surface area contributed by atoms with Crippen LogP contribution in [-0.4, -0.2) is 10.3 Å². The van der Waals surface area contributed by atoms with Crippen LogP contribution in [0.25, 0.3) is 0 Å². The van der Waals surface area contributed by atoms with Crippen LogP contribution in [0.2, 0.25) is 0 Å². The summed E-state index contributed by atoms with van der Waals surface area (Å²) in [6.07, 6.45) is -2.83. The van der Waals surface area contributed by atoms with E-state index in [1.165, 1.54) is 12.1 Å². The Labute approximate surface area is 93.8 Å². The number of hydrogen-bond donors (Lipinski definition) is 0. The number of pyridine rings is 1. The zero-order chi connectivity index (χ0) is 11.3. The quantitative estimate of drug-likeness (QED) is 0.567. The zero-order valence-electron chi connectivity index (χ0n) is 7.61. The Bertz CT molecular complexity index is 390. The molecule has 0 aromatic carbocycles. The topological polar surface area (TPSA) is 12.9 Å². The van der Waals surface area contributed by atoms with Gasteiger partial charge in [0.15, 0.2) is 5.69 Å². The maximum Gasteiger partial charge on any atom is 0.434 e. The minimum Gasteiger partial charge on any atom is -0.251 e. The monoisotopic (exact) mass is 277 g/mol. The van der Waals surface area contributed by atoms with Crippen molar-refractivity contribution >= 4 is 15.9 Å². The van der Waals surface area contributed by atoms with Crippen LogP contribution < -0.4 is 0 Å². The molecule has 1 aromatic heterocycles. The van der Waals surface area contributed by atoms with Crippen LogP contribution in [0, 0.1) is 11.8 Å². The fourth-order valence-corrected chi connectivity index (χ4v) is 1.14. The molecular formula is C10H7BrF3N. The predicted molar refractivity (Wildman–Crippen MR) is 54.5 cm³/mol. The van der Waals surface area contributed by atoms with Crippen molar-refractivity contribution < 1.29 is 13.2 Å². The first kappa shape index (κ1) is 12.1. The molecule has 15 heavy (non-hydrogen) atoms. The van der Waals surface area contributed by atoms with Gasteiger partial charge in [-0.2, -0.15) is 13.2 Å². The second-order valence-corrected chi connectivity index (χ2v) is 3.43. The molecule has 0 amide bonds. The van der Waals surface area contributed by atoms with Crippen molar-refractivity contribution in [1.82, 2.24) is 4.98 Å². The first-order valence-corrected chi connectivity index (χ1v) is 5.25. The van der Waals surface area contributed by atoms with Gasteiger partial charge < -0.3 is 0 Å². The fourth-order valence-electron chi connectivity index (χ4n) is 0.937. The van der Waals surface area contributed by atoms with Crippen molar-refractivity contribution in [3.8, 4) is 11.8 Å². The van der Waals surface area contributed by atoms with Crippen molar-refractivity contribution in [2.75, 3.05) is 5.33 Å². The van der Waals surface area contributed by atoms with E-state index >= 15 is 0 Å². The average Bonchev–Trinajstić information content (AvgIpc) is 2.17. The molecule has 0 atom stereocenters. The summed E-state index contributed by atoms with van der Waals surface area (Å²) in [6, 6.07) is 2.75. The normalized spacial score (nSPS) is 10.7. The Balaban J connectivity index is 3.04. The Morgan fingerprint density at radius 3 is 2.73 bits per heavy atom. The number of aromatic nitrogens is 1. The molecule has 0 unspecified atom stereocenters. The lowest BCUT2D eigenvalue weighted by Crippen LogP contribution is -2.10. The van der Waals surface area contributed by atoms with Gasteiger partial charge in [-0.3, -0.25) is 4.98 Å². The highest BCUT2D eigenvalue weighted by atomic mass is 79.9. The number of nitrogens with zero attached hydrogens (tertiary/aromatic N) is 1. The summed E-state index contributed by atoms with van der Waals surface area (Å²) >= 11 is 3.14. The minimum atomic E-state index is -4.44. The van der Waals surface area contributed by atoms with E-state index in [4.69, 9.17) is 0 Å². The van der Waals surface area contributed by atoms with Crippen molar-refractivity contribution in [1.29, 1.82) is 0 Å². The van der Waals surface area contributed by atoms with Gasteiger partial charge in [-0.25, -0.2) is 0 Å². The van der Waals surface area contributed by atoms with E-state index < -0.39 is 11.9 Å². The van der Waals surface area contributed by atoms with Gasteiger partial charge in [-0.15, -0.1) is 0 Å². The van der Waals surface area contributed by atoms with Crippen LogP contribution in [0.5, 0.6) is 0 Å². The van der Waals surface area contributed by atoms with Crippen LogP contribution >= 0.6 is 15.9 Å². The largest absolute Gasteiger partial charge is 0.434 e. The van der Waals surface area contributed by atoms with E-state index in [1.54, 1.807) is 0 Å². The van der Waals surface area contributed by atoms with Gasteiger partial charge in [0.1, 0.15) is 0 Å². The van der Waals surface area contributed by atoms with Gasteiger partial charge in [0.25, 0.3) is 0 Å². The van der Waals surface area contributed by atoms with Gasteiger partial charge >= 0.3 is 6.18 Å². The van der Waals surface area contributed by atoms with Gasteiger partial charge in [0.2, 0.25) is 0 Å². The van der Waals surface area contributed by atoms with Crippen LogP contribution in [-0.2, 0) is 6.18 Å². The standard InChI is InChI=1S/C10H7BrF3N/c11-6-2-1-4-8-5-3-7-15-9(8)10(12,13)14/h3,5,7H,2,6H2. The highest BCUT2D eigenvalue weighted by Crippen LogP contribution is 2.29. The number of rotatable bonds is 1. The van der Waals surface area contributed by atoms with Crippen molar-refractivity contribution in [2.24, 2.45) is 0 Å². The summed E-state index contributed by atoms with van der Waals surface area (Å²) in [6.45, 7) is 0. The molecule has 5 heteroatoms. The summed E-state index contributed by atoms with van der Waals surface area (Å²) in [4.78, 5) is 3.29. The average molecular weight is 278 g/mol. The second kappa shape index (κ2) is 5.17. The molecule has 0 spiro atoms. The summed E-state index contributed by atoms with van der Waals surface area (Å²) in [5.41, 5.74) is -1.00. The molecule has 1 heterocycles. The lowest BCUT2D eigenvalue weighted by atomic mass is 10.2. The molecule has 0 saturated heterocycles. The Kier molecular flexibility index (Phi) is 4.15. The molecule has 1 aromatic rings. The molecule has 0 aliphatic carbocycles. The molecule has 0 aliphatic heterocycles. The minimum absolute atomic E-state index is 0.0778. The van der Waals surface area contributed by atoms with Crippen LogP contribution in [0.3, 0.4) is 0 Å². The summed E-state index contributed by atoms with van der Waals surface area (Å²) in [7, 11) is 0. The number of alkyl halides is 4. The van der Waals surface area contributed by atoms with Crippen LogP contribution in [0.1, 0.15) is 17.7 Å². The predicted octanol–water partition coefficient (Wildman–Crippen LogP) is 3.24. The van der Waals surface area contributed by atoms with Crippen molar-refractivity contribution in [2.45, 2.75) is 12.6 Å². The molecule has 1 rings (SSSR count). The van der Waals surface area contributed by atoms with Crippen molar-refractivity contribution in [3.05, 3.63) is 29.6 Å². The number of halogens is 4. The lowest BCUT2D eigenvalue weighted by molar-refractivity contribution is -0.141. The van der Waals surface area contributed by atoms with E-state index in [0.29, 0.717) is 11.8 Å². The smallest absolute Gasteiger partial charge is 0.251 e. The van der Waals surface area contributed by atoms with Gasteiger partial charge in [-0.05, 0) is 12.1 Å². The van der Waals surface area contributed by atoms with Crippen LogP contribution in [0.4, 0.5) is 13.2 Å². The molecular weight excluding hydrogens is 271 g/mol. The molecule has 0 saturated carbocycles. The second-order valence-electron chi connectivity index (χ2n) is 2.64. The summed E-state index contributed by atoms with van der Waals surface area (Å²) in [5, 5.41) is 0.640. The molecule has 0 aliphatic rings. The summed E-state index contributed by atoms with van der Waals surface area (Å²) < 4.78 is 37.3. The first-order valence-electron chi connectivity index (χ1n) is 4.12. The summed E-state index contributed by atoms with van der Waals surface area (Å²) in [5.74, 6) is 5.09. The highest BCUT2D eigenvalue weighted by Gasteiger charge is 2.34. The third kappa shape index (κ3) is 3.56. The number of hydrogen-bond acceptors (Lipinski definition) is 1. The fraction of sp³-hybridized carbons (Fsp3) is 0.300. The van der Waals surface area contributed by atoms with E-state index in [1.807, 2.05) is 0 Å². The molecule has 0 radical (unpaired) electrons. The molecule has 80 valence electrons. The zero-order valence-corrected chi connectivity index (χ0v) is 9.19. The molecule has 1 nitrogen and oxygen atoms in total. The third-order valence-corrected chi connectivity index (χ3v) is 1.92. The van der Waals surface area contributed by atoms with E-state index in [9.17, 15) is 13.2 Å². The van der Waals surface area contributed by atoms with E-state index in [2.05, 4.69) is 32.8 Å². The highest BCUT2D eigenvalue weighted by molar-refractivity contribution is 9.09. The maximum atomic E-state index is 12.4. The SMILES string of the molecule is FC(F)(F)c1ncccc1C#CCCBr. The molecule has 0 bridgehead atoms. The van der Waals surface area contributed by atoms with Gasteiger partial charge in [0, 0.05) is 17.9 Å². The van der Waals surface area contributed by atoms with Crippen molar-refractivity contribution in [3.63, 3.8) is 0 Å². The maximum absolute atomic E-state index is 12.4. The van der Waals surface area contributed by atoms with Gasteiger partial charge in [-0.1, -0.05) is 27.8 Å². The Hall–Kier alpha value is -1.02.